The van der Waals surface area contributed by atoms with Crippen molar-refractivity contribution in [2.75, 3.05) is 25.0 Å². The Kier molecular flexibility index (Phi) is 9.10. The van der Waals surface area contributed by atoms with Gasteiger partial charge in [0, 0.05) is 19.5 Å². The fourth-order valence-corrected chi connectivity index (χ4v) is 6.10. The van der Waals surface area contributed by atoms with Gasteiger partial charge in [0.05, 0.1) is 5.69 Å². The highest BCUT2D eigenvalue weighted by Crippen LogP contribution is 2.42. The third kappa shape index (κ3) is 6.22. The van der Waals surface area contributed by atoms with Crippen LogP contribution in [0.25, 0.3) is 5.52 Å². The number of nitrogens with two attached hydrogens (primary N) is 1. The molecule has 4 heterocycles. The molecule has 1 saturated carbocycles. The highest BCUT2D eigenvalue weighted by atomic mass is 16.6. The molecule has 44 heavy (non-hydrogen) atoms. The van der Waals surface area contributed by atoms with Crippen molar-refractivity contribution in [3.05, 3.63) is 24.2 Å². The number of ether oxygens (including phenoxy) is 3. The van der Waals surface area contributed by atoms with Gasteiger partial charge in [-0.05, 0) is 49.1 Å². The number of rotatable bonds is 8. The Hall–Kier alpha value is -3.80. The normalized spacial score (nSPS) is 26.5. The van der Waals surface area contributed by atoms with Gasteiger partial charge in [-0.25, -0.2) is 14.3 Å². The third-order valence-electron chi connectivity index (χ3n) is 8.83. The SMILES string of the molecule is CC(C)(C)[C@H](N)C(=O)O[C@H]1[C@@H](O)[C@](C#N)(c2ccc3c(NC(=O)N4CCCC4)ncnn23)O[C@@H]1COC(=O)CC1CCCC1. The lowest BCUT2D eigenvalue weighted by atomic mass is 9.87. The molecule has 2 aliphatic heterocycles. The number of carbonyl (C=O) groups excluding carboxylic acids is 3. The summed E-state index contributed by atoms with van der Waals surface area (Å²) >= 11 is 0. The van der Waals surface area contributed by atoms with Crippen LogP contribution in [0.1, 0.15) is 71.4 Å². The van der Waals surface area contributed by atoms with Crippen molar-refractivity contribution in [2.24, 2.45) is 17.1 Å². The zero-order valence-corrected chi connectivity index (χ0v) is 25.4. The molecule has 2 aromatic heterocycles. The lowest BCUT2D eigenvalue weighted by molar-refractivity contribution is -0.163. The summed E-state index contributed by atoms with van der Waals surface area (Å²) in [6.45, 7) is 6.24. The summed E-state index contributed by atoms with van der Waals surface area (Å²) < 4.78 is 18.8. The van der Waals surface area contributed by atoms with E-state index >= 15 is 0 Å². The van der Waals surface area contributed by atoms with Crippen LogP contribution in [-0.2, 0) is 29.4 Å². The van der Waals surface area contributed by atoms with Crippen LogP contribution in [0.3, 0.4) is 0 Å². The van der Waals surface area contributed by atoms with E-state index in [0.29, 0.717) is 18.6 Å². The number of nitriles is 1. The number of fused-ring (bicyclic) bond motifs is 1. The number of amides is 2. The van der Waals surface area contributed by atoms with E-state index in [0.717, 1.165) is 38.5 Å². The predicted octanol–water partition coefficient (Wildman–Crippen LogP) is 2.24. The summed E-state index contributed by atoms with van der Waals surface area (Å²) in [5.74, 6) is -0.767. The Bertz CT molecular complexity index is 1420. The molecule has 1 aliphatic carbocycles. The van der Waals surface area contributed by atoms with Crippen molar-refractivity contribution in [3.8, 4) is 6.07 Å². The van der Waals surface area contributed by atoms with E-state index in [1.54, 1.807) is 31.7 Å². The van der Waals surface area contributed by atoms with Gasteiger partial charge in [0.2, 0.25) is 5.60 Å². The van der Waals surface area contributed by atoms with E-state index in [2.05, 4.69) is 21.5 Å². The Morgan fingerprint density at radius 2 is 1.93 bits per heavy atom. The van der Waals surface area contributed by atoms with Crippen LogP contribution in [-0.4, -0.2) is 86.6 Å². The number of nitrogens with zero attached hydrogens (tertiary/aromatic N) is 5. The summed E-state index contributed by atoms with van der Waals surface area (Å²) in [5, 5.41) is 29.2. The third-order valence-corrected chi connectivity index (χ3v) is 8.83. The second-order valence-corrected chi connectivity index (χ2v) is 13.0. The van der Waals surface area contributed by atoms with E-state index in [1.807, 2.05) is 0 Å². The van der Waals surface area contributed by atoms with Gasteiger partial charge in [0.25, 0.3) is 0 Å². The summed E-state index contributed by atoms with van der Waals surface area (Å²) in [7, 11) is 0. The van der Waals surface area contributed by atoms with E-state index in [4.69, 9.17) is 19.9 Å². The number of aliphatic hydroxyl groups excluding tert-OH is 1. The van der Waals surface area contributed by atoms with Gasteiger partial charge in [-0.1, -0.05) is 33.6 Å². The Morgan fingerprint density at radius 1 is 1.23 bits per heavy atom. The van der Waals surface area contributed by atoms with Crippen molar-refractivity contribution in [1.82, 2.24) is 19.5 Å². The van der Waals surface area contributed by atoms with E-state index < -0.39 is 47.3 Å². The summed E-state index contributed by atoms with van der Waals surface area (Å²) in [5.41, 5.74) is 3.87. The second-order valence-electron chi connectivity index (χ2n) is 13.0. The van der Waals surface area contributed by atoms with Crippen molar-refractivity contribution < 1.29 is 33.7 Å². The monoisotopic (exact) mass is 611 g/mol. The minimum Gasteiger partial charge on any atom is -0.463 e. The molecular formula is C30H41N7O7. The molecule has 2 saturated heterocycles. The number of hydrogen-bond donors (Lipinski definition) is 3. The van der Waals surface area contributed by atoms with Crippen LogP contribution in [0.2, 0.25) is 0 Å². The first-order chi connectivity index (χ1) is 20.9. The van der Waals surface area contributed by atoms with Crippen LogP contribution in [0.15, 0.2) is 18.5 Å². The zero-order chi connectivity index (χ0) is 31.6. The molecule has 0 spiro atoms. The number of aliphatic hydroxyl groups is 1. The first-order valence-corrected chi connectivity index (χ1v) is 15.2. The van der Waals surface area contributed by atoms with Crippen LogP contribution >= 0.6 is 0 Å². The Balaban J connectivity index is 1.43. The quantitative estimate of drug-likeness (QED) is 0.371. The molecular weight excluding hydrogens is 570 g/mol. The van der Waals surface area contributed by atoms with Gasteiger partial charge in [0.1, 0.15) is 42.8 Å². The van der Waals surface area contributed by atoms with Gasteiger partial charge in [-0.3, -0.25) is 14.9 Å². The van der Waals surface area contributed by atoms with Gasteiger partial charge >= 0.3 is 18.0 Å². The maximum atomic E-state index is 13.1. The van der Waals surface area contributed by atoms with E-state index in [-0.39, 0.29) is 36.5 Å². The number of aromatic nitrogens is 3. The van der Waals surface area contributed by atoms with Gasteiger partial charge in [-0.2, -0.15) is 10.4 Å². The summed E-state index contributed by atoms with van der Waals surface area (Å²) in [6.07, 6.45) is 3.09. The van der Waals surface area contributed by atoms with E-state index in [1.165, 1.54) is 16.9 Å². The van der Waals surface area contributed by atoms with Crippen LogP contribution < -0.4 is 11.1 Å². The first-order valence-electron chi connectivity index (χ1n) is 15.2. The minimum atomic E-state index is -2.09. The molecule has 3 fully saturated rings. The van der Waals surface area contributed by atoms with Crippen LogP contribution in [0, 0.1) is 22.7 Å². The molecule has 0 unspecified atom stereocenters. The van der Waals surface area contributed by atoms with Gasteiger partial charge in [-0.15, -0.1) is 0 Å². The number of nitrogens with one attached hydrogen (secondary N) is 1. The molecule has 5 rings (SSSR count). The molecule has 5 atom stereocenters. The van der Waals surface area contributed by atoms with Crippen LogP contribution in [0.4, 0.5) is 10.6 Å². The topological polar surface area (TPSA) is 194 Å². The van der Waals surface area contributed by atoms with Crippen molar-refractivity contribution in [2.45, 2.75) is 95.7 Å². The molecule has 0 radical (unpaired) electrons. The smallest absolute Gasteiger partial charge is 0.323 e. The van der Waals surface area contributed by atoms with Crippen molar-refractivity contribution in [3.63, 3.8) is 0 Å². The van der Waals surface area contributed by atoms with E-state index in [9.17, 15) is 24.8 Å². The molecule has 3 aliphatic rings. The highest BCUT2D eigenvalue weighted by Gasteiger charge is 2.60. The number of hydrogen-bond acceptors (Lipinski definition) is 11. The predicted molar refractivity (Wildman–Crippen MR) is 156 cm³/mol. The number of esters is 2. The average molecular weight is 612 g/mol. The molecule has 2 aromatic rings. The zero-order valence-electron chi connectivity index (χ0n) is 25.4. The molecule has 0 bridgehead atoms. The molecule has 0 aromatic carbocycles. The minimum absolute atomic E-state index is 0.113. The van der Waals surface area contributed by atoms with Crippen molar-refractivity contribution >= 4 is 29.3 Å². The molecule has 14 heteroatoms. The standard InChI is InChI=1S/C30H41N7O7/c1-29(2,3)24(32)27(40)43-23-20(15-42-22(38)14-18-8-4-5-9-18)44-30(16-31,25(23)39)21-11-10-19-26(33-17-34-37(19)21)35-28(41)36-12-6-7-13-36/h10-11,17-18,20,23-25,39H,4-9,12-15,32H2,1-3H3,(H,33,34,35,41)/t20-,23-,24-,25-,30+/m1/s1. The number of anilines is 1. The molecule has 4 N–H and O–H groups in total. The second kappa shape index (κ2) is 12.7. The number of carbonyl (C=O) groups is 3. The van der Waals surface area contributed by atoms with Gasteiger partial charge < -0.3 is 30.0 Å². The van der Waals surface area contributed by atoms with Crippen LogP contribution in [0.5, 0.6) is 0 Å². The molecule has 238 valence electrons. The summed E-state index contributed by atoms with van der Waals surface area (Å²) in [6, 6.07) is 3.82. The Labute approximate surface area is 255 Å². The van der Waals surface area contributed by atoms with Crippen molar-refractivity contribution in [1.29, 1.82) is 5.26 Å². The fraction of sp³-hybridized carbons (Fsp3) is 0.667. The molecule has 2 amide bonds. The molecule has 14 nitrogen and oxygen atoms in total. The maximum Gasteiger partial charge on any atom is 0.323 e. The highest BCUT2D eigenvalue weighted by molar-refractivity contribution is 5.92. The first kappa shape index (κ1) is 31.6. The fourth-order valence-electron chi connectivity index (χ4n) is 6.10. The average Bonchev–Trinajstić information content (AvgIpc) is 3.80. The maximum absolute atomic E-state index is 13.1. The largest absolute Gasteiger partial charge is 0.463 e. The Morgan fingerprint density at radius 3 is 2.59 bits per heavy atom. The lowest BCUT2D eigenvalue weighted by Gasteiger charge is -2.29. The number of urea groups is 1. The number of likely N-dealkylation sites (tertiary alicyclic amines) is 1. The summed E-state index contributed by atoms with van der Waals surface area (Å²) in [4.78, 5) is 44.4. The lowest BCUT2D eigenvalue weighted by Crippen LogP contribution is -2.49. The van der Waals surface area contributed by atoms with Gasteiger partial charge in [0.15, 0.2) is 11.9 Å².